The molecule has 96 valence electrons. The van der Waals surface area contributed by atoms with Gasteiger partial charge in [-0.05, 0) is 28.8 Å². The van der Waals surface area contributed by atoms with E-state index in [1.807, 2.05) is 18.2 Å². The van der Waals surface area contributed by atoms with Crippen LogP contribution in [0.15, 0.2) is 42.5 Å². The Bertz CT molecular complexity index is 493. The standard InChI is InChI=1S/C16H20O2/c1-2-10-18-11-9-16(17)15-8-7-13-5-3-4-6-14(13)12-15/h3-8,12,16-17H,2,9-11H2,1H3. The van der Waals surface area contributed by atoms with Crippen molar-refractivity contribution in [1.29, 1.82) is 0 Å². The van der Waals surface area contributed by atoms with E-state index in [-0.39, 0.29) is 0 Å². The minimum atomic E-state index is -0.438. The van der Waals surface area contributed by atoms with Crippen molar-refractivity contribution in [2.24, 2.45) is 0 Å². The first-order valence-electron chi connectivity index (χ1n) is 6.55. The minimum absolute atomic E-state index is 0.438. The molecule has 0 heterocycles. The Hall–Kier alpha value is -1.38. The lowest BCUT2D eigenvalue weighted by Crippen LogP contribution is -2.04. The Kier molecular flexibility index (Phi) is 4.73. The summed E-state index contributed by atoms with van der Waals surface area (Å²) in [6, 6.07) is 14.3. The number of hydrogen-bond donors (Lipinski definition) is 1. The van der Waals surface area contributed by atoms with E-state index in [1.54, 1.807) is 0 Å². The maximum Gasteiger partial charge on any atom is 0.0812 e. The molecule has 2 rings (SSSR count). The van der Waals surface area contributed by atoms with E-state index < -0.39 is 6.10 Å². The van der Waals surface area contributed by atoms with Crippen LogP contribution < -0.4 is 0 Å². The number of ether oxygens (including phenoxy) is 1. The summed E-state index contributed by atoms with van der Waals surface area (Å²) in [5, 5.41) is 12.5. The summed E-state index contributed by atoms with van der Waals surface area (Å²) in [6.45, 7) is 3.46. The SMILES string of the molecule is CCCOCCC(O)c1ccc2ccccc2c1. The van der Waals surface area contributed by atoms with Gasteiger partial charge in [0.1, 0.15) is 0 Å². The average Bonchev–Trinajstić information content (AvgIpc) is 2.43. The lowest BCUT2D eigenvalue weighted by atomic mass is 10.0. The third kappa shape index (κ3) is 3.31. The highest BCUT2D eigenvalue weighted by Gasteiger charge is 2.07. The first kappa shape index (κ1) is 13.1. The van der Waals surface area contributed by atoms with E-state index >= 15 is 0 Å². The smallest absolute Gasteiger partial charge is 0.0812 e. The molecule has 0 spiro atoms. The average molecular weight is 244 g/mol. The molecule has 2 aromatic carbocycles. The topological polar surface area (TPSA) is 29.5 Å². The molecule has 1 atom stereocenters. The summed E-state index contributed by atoms with van der Waals surface area (Å²) in [7, 11) is 0. The van der Waals surface area contributed by atoms with E-state index in [1.165, 1.54) is 10.8 Å². The molecule has 0 fully saturated rings. The van der Waals surface area contributed by atoms with Crippen LogP contribution >= 0.6 is 0 Å². The zero-order chi connectivity index (χ0) is 12.8. The predicted octanol–water partition coefficient (Wildman–Crippen LogP) is 3.69. The molecular formula is C16H20O2. The fourth-order valence-electron chi connectivity index (χ4n) is 2.02. The van der Waals surface area contributed by atoms with Gasteiger partial charge in [-0.15, -0.1) is 0 Å². The predicted molar refractivity (Wildman–Crippen MR) is 74.6 cm³/mol. The number of aliphatic hydroxyl groups excluding tert-OH is 1. The Morgan fingerprint density at radius 2 is 1.83 bits per heavy atom. The third-order valence-corrected chi connectivity index (χ3v) is 3.04. The largest absolute Gasteiger partial charge is 0.388 e. The lowest BCUT2D eigenvalue weighted by Gasteiger charge is -2.12. The number of rotatable bonds is 6. The molecule has 0 amide bonds. The zero-order valence-electron chi connectivity index (χ0n) is 10.8. The fourth-order valence-corrected chi connectivity index (χ4v) is 2.02. The highest BCUT2D eigenvalue weighted by molar-refractivity contribution is 5.83. The van der Waals surface area contributed by atoms with Crippen molar-refractivity contribution in [2.45, 2.75) is 25.9 Å². The molecule has 0 aliphatic heterocycles. The normalized spacial score (nSPS) is 12.8. The van der Waals surface area contributed by atoms with E-state index in [4.69, 9.17) is 4.74 Å². The van der Waals surface area contributed by atoms with Gasteiger partial charge in [-0.1, -0.05) is 43.3 Å². The summed E-state index contributed by atoms with van der Waals surface area (Å²) in [5.74, 6) is 0. The first-order chi connectivity index (χ1) is 8.81. The molecular weight excluding hydrogens is 224 g/mol. The van der Waals surface area contributed by atoms with Crippen LogP contribution in [0, 0.1) is 0 Å². The first-order valence-corrected chi connectivity index (χ1v) is 6.55. The summed E-state index contributed by atoms with van der Waals surface area (Å²) in [5.41, 5.74) is 0.966. The molecule has 2 heteroatoms. The van der Waals surface area contributed by atoms with Gasteiger partial charge in [0.15, 0.2) is 0 Å². The molecule has 0 aliphatic rings. The molecule has 0 aliphatic carbocycles. The second kappa shape index (κ2) is 6.53. The highest BCUT2D eigenvalue weighted by Crippen LogP contribution is 2.22. The van der Waals surface area contributed by atoms with E-state index in [2.05, 4.69) is 31.2 Å². The molecule has 2 aromatic rings. The molecule has 0 radical (unpaired) electrons. The van der Waals surface area contributed by atoms with E-state index in [9.17, 15) is 5.11 Å². The molecule has 0 bridgehead atoms. The highest BCUT2D eigenvalue weighted by atomic mass is 16.5. The van der Waals surface area contributed by atoms with Crippen LogP contribution in [0.3, 0.4) is 0 Å². The van der Waals surface area contributed by atoms with Crippen LogP contribution in [0.5, 0.6) is 0 Å². The maximum atomic E-state index is 10.1. The number of fused-ring (bicyclic) bond motifs is 1. The molecule has 18 heavy (non-hydrogen) atoms. The quantitative estimate of drug-likeness (QED) is 0.785. The molecule has 1 unspecified atom stereocenters. The third-order valence-electron chi connectivity index (χ3n) is 3.04. The molecule has 2 nitrogen and oxygen atoms in total. The molecule has 1 N–H and O–H groups in total. The Morgan fingerprint density at radius 3 is 2.61 bits per heavy atom. The zero-order valence-corrected chi connectivity index (χ0v) is 10.8. The van der Waals surface area contributed by atoms with Crippen molar-refractivity contribution in [1.82, 2.24) is 0 Å². The van der Waals surface area contributed by atoms with Crippen LogP contribution in [-0.2, 0) is 4.74 Å². The van der Waals surface area contributed by atoms with Gasteiger partial charge in [0.25, 0.3) is 0 Å². The van der Waals surface area contributed by atoms with Crippen LogP contribution in [0.2, 0.25) is 0 Å². The Labute approximate surface area is 108 Å². The summed E-state index contributed by atoms with van der Waals surface area (Å²) in [4.78, 5) is 0. The van der Waals surface area contributed by atoms with Crippen molar-refractivity contribution in [3.05, 3.63) is 48.0 Å². The van der Waals surface area contributed by atoms with Crippen LogP contribution in [0.25, 0.3) is 10.8 Å². The minimum Gasteiger partial charge on any atom is -0.388 e. The van der Waals surface area contributed by atoms with Crippen molar-refractivity contribution in [2.75, 3.05) is 13.2 Å². The van der Waals surface area contributed by atoms with Gasteiger partial charge in [0.2, 0.25) is 0 Å². The molecule has 0 saturated carbocycles. The van der Waals surface area contributed by atoms with Crippen LogP contribution in [-0.4, -0.2) is 18.3 Å². The Morgan fingerprint density at radius 1 is 1.06 bits per heavy atom. The molecule has 0 saturated heterocycles. The summed E-state index contributed by atoms with van der Waals surface area (Å²) >= 11 is 0. The van der Waals surface area contributed by atoms with Gasteiger partial charge in [-0.2, -0.15) is 0 Å². The van der Waals surface area contributed by atoms with E-state index in [0.717, 1.165) is 18.6 Å². The second-order valence-electron chi connectivity index (χ2n) is 4.52. The van der Waals surface area contributed by atoms with Crippen molar-refractivity contribution in [3.8, 4) is 0 Å². The molecule has 0 aromatic heterocycles. The number of hydrogen-bond acceptors (Lipinski definition) is 2. The monoisotopic (exact) mass is 244 g/mol. The van der Waals surface area contributed by atoms with Gasteiger partial charge in [-0.3, -0.25) is 0 Å². The van der Waals surface area contributed by atoms with Gasteiger partial charge in [-0.25, -0.2) is 0 Å². The van der Waals surface area contributed by atoms with E-state index in [0.29, 0.717) is 13.0 Å². The maximum absolute atomic E-state index is 10.1. The second-order valence-corrected chi connectivity index (χ2v) is 4.52. The van der Waals surface area contributed by atoms with Gasteiger partial charge < -0.3 is 9.84 Å². The van der Waals surface area contributed by atoms with Gasteiger partial charge in [0.05, 0.1) is 6.10 Å². The van der Waals surface area contributed by atoms with Crippen LogP contribution in [0.4, 0.5) is 0 Å². The van der Waals surface area contributed by atoms with Crippen LogP contribution in [0.1, 0.15) is 31.4 Å². The van der Waals surface area contributed by atoms with Gasteiger partial charge in [0, 0.05) is 19.6 Å². The number of aliphatic hydroxyl groups is 1. The fraction of sp³-hybridized carbons (Fsp3) is 0.375. The lowest BCUT2D eigenvalue weighted by molar-refractivity contribution is 0.0822. The van der Waals surface area contributed by atoms with Crippen molar-refractivity contribution >= 4 is 10.8 Å². The van der Waals surface area contributed by atoms with Crippen molar-refractivity contribution in [3.63, 3.8) is 0 Å². The van der Waals surface area contributed by atoms with Gasteiger partial charge >= 0.3 is 0 Å². The van der Waals surface area contributed by atoms with Crippen molar-refractivity contribution < 1.29 is 9.84 Å². The summed E-state index contributed by atoms with van der Waals surface area (Å²) < 4.78 is 5.40. The number of benzene rings is 2. The summed E-state index contributed by atoms with van der Waals surface area (Å²) in [6.07, 6.45) is 1.23. The Balaban J connectivity index is 2.01.